The van der Waals surface area contributed by atoms with Gasteiger partial charge in [-0.2, -0.15) is 0 Å². The molecule has 0 bridgehead atoms. The molecule has 1 atom stereocenters. The summed E-state index contributed by atoms with van der Waals surface area (Å²) in [6, 6.07) is 10.3. The van der Waals surface area contributed by atoms with E-state index in [1.165, 1.54) is 12.1 Å². The van der Waals surface area contributed by atoms with Gasteiger partial charge in [0.15, 0.2) is 0 Å². The van der Waals surface area contributed by atoms with Crippen molar-refractivity contribution in [2.24, 2.45) is 0 Å². The molecule has 2 N–H and O–H groups in total. The minimum absolute atomic E-state index is 0.110. The van der Waals surface area contributed by atoms with E-state index in [2.05, 4.69) is 5.32 Å². The van der Waals surface area contributed by atoms with Crippen molar-refractivity contribution in [3.05, 3.63) is 54.0 Å². The lowest BCUT2D eigenvalue weighted by Gasteiger charge is -2.12. The molecule has 0 saturated carbocycles. The Balaban J connectivity index is 1.76. The molecule has 0 spiro atoms. The van der Waals surface area contributed by atoms with Crippen molar-refractivity contribution in [2.75, 3.05) is 13.2 Å². The van der Waals surface area contributed by atoms with Gasteiger partial charge in [0, 0.05) is 6.54 Å². The Morgan fingerprint density at radius 3 is 2.95 bits per heavy atom. The van der Waals surface area contributed by atoms with Gasteiger partial charge in [-0.05, 0) is 37.3 Å². The fraction of sp³-hybridized carbons (Fsp3) is 0.267. The van der Waals surface area contributed by atoms with E-state index in [-0.39, 0.29) is 11.6 Å². The third-order valence-corrected chi connectivity index (χ3v) is 2.87. The molecule has 0 aliphatic heterocycles. The summed E-state index contributed by atoms with van der Waals surface area (Å²) in [6.45, 7) is 3.09. The number of hydrogen-bond donors (Lipinski definition) is 2. The number of ether oxygens (including phenoxy) is 1. The molecule has 0 aliphatic rings. The summed E-state index contributed by atoms with van der Waals surface area (Å²) in [5, 5.41) is 12.1. The molecular weight excluding hydrogens is 258 g/mol. The molecule has 0 amide bonds. The summed E-state index contributed by atoms with van der Waals surface area (Å²) < 4.78 is 10.8. The lowest BCUT2D eigenvalue weighted by molar-refractivity contribution is 0.0696. The van der Waals surface area contributed by atoms with Gasteiger partial charge < -0.3 is 19.6 Å². The van der Waals surface area contributed by atoms with E-state index in [9.17, 15) is 4.79 Å². The Kier molecular flexibility index (Phi) is 4.79. The van der Waals surface area contributed by atoms with Crippen LogP contribution in [0.4, 0.5) is 0 Å². The van der Waals surface area contributed by atoms with E-state index in [4.69, 9.17) is 14.3 Å². The maximum atomic E-state index is 10.8. The number of benzene rings is 1. The highest BCUT2D eigenvalue weighted by Gasteiger charge is 2.07. The zero-order valence-electron chi connectivity index (χ0n) is 11.2. The summed E-state index contributed by atoms with van der Waals surface area (Å²) in [6.07, 6.45) is 1.64. The Morgan fingerprint density at radius 2 is 2.25 bits per heavy atom. The summed E-state index contributed by atoms with van der Waals surface area (Å²) in [4.78, 5) is 10.8. The van der Waals surface area contributed by atoms with Crippen LogP contribution in [0, 0.1) is 0 Å². The molecular formula is C15H17NO4. The second-order valence-corrected chi connectivity index (χ2v) is 4.37. The van der Waals surface area contributed by atoms with Gasteiger partial charge in [0.05, 0.1) is 17.9 Å². The molecule has 0 unspecified atom stereocenters. The number of furan rings is 1. The van der Waals surface area contributed by atoms with E-state index in [0.717, 1.165) is 5.76 Å². The molecule has 0 saturated heterocycles. The summed E-state index contributed by atoms with van der Waals surface area (Å²) in [7, 11) is 0. The SMILES string of the molecule is C[C@@H](NCCOc1cccc(C(=O)O)c1)c1ccco1. The van der Waals surface area contributed by atoms with E-state index in [1.54, 1.807) is 18.4 Å². The average Bonchev–Trinajstić information content (AvgIpc) is 2.98. The zero-order chi connectivity index (χ0) is 14.4. The standard InChI is InChI=1S/C15H17NO4/c1-11(14-6-3-8-20-14)16-7-9-19-13-5-2-4-12(10-13)15(17)18/h2-6,8,10-11,16H,7,9H2,1H3,(H,17,18)/t11-/m1/s1. The van der Waals surface area contributed by atoms with Crippen molar-refractivity contribution in [1.82, 2.24) is 5.32 Å². The van der Waals surface area contributed by atoms with Crippen LogP contribution in [0.25, 0.3) is 0 Å². The minimum Gasteiger partial charge on any atom is -0.492 e. The monoisotopic (exact) mass is 275 g/mol. The molecule has 0 fully saturated rings. The number of carbonyl (C=O) groups is 1. The van der Waals surface area contributed by atoms with E-state index in [0.29, 0.717) is 18.9 Å². The fourth-order valence-electron chi connectivity index (χ4n) is 1.80. The van der Waals surface area contributed by atoms with Crippen LogP contribution < -0.4 is 10.1 Å². The van der Waals surface area contributed by atoms with Crippen molar-refractivity contribution in [1.29, 1.82) is 0 Å². The maximum Gasteiger partial charge on any atom is 0.335 e. The highest BCUT2D eigenvalue weighted by molar-refractivity contribution is 5.87. The maximum absolute atomic E-state index is 10.8. The van der Waals surface area contributed by atoms with Crippen LogP contribution in [0.1, 0.15) is 29.1 Å². The normalized spacial score (nSPS) is 12.1. The highest BCUT2D eigenvalue weighted by atomic mass is 16.5. The first kappa shape index (κ1) is 14.1. The van der Waals surface area contributed by atoms with Gasteiger partial charge in [-0.15, -0.1) is 0 Å². The summed E-state index contributed by atoms with van der Waals surface area (Å²) in [5.41, 5.74) is 0.222. The molecule has 5 nitrogen and oxygen atoms in total. The largest absolute Gasteiger partial charge is 0.492 e. The Hall–Kier alpha value is -2.27. The van der Waals surface area contributed by atoms with E-state index in [1.807, 2.05) is 19.1 Å². The number of hydrogen-bond acceptors (Lipinski definition) is 4. The van der Waals surface area contributed by atoms with Crippen molar-refractivity contribution in [3.63, 3.8) is 0 Å². The molecule has 0 aliphatic carbocycles. The first-order chi connectivity index (χ1) is 9.66. The van der Waals surface area contributed by atoms with Gasteiger partial charge in [0.25, 0.3) is 0 Å². The number of carboxylic acids is 1. The molecule has 0 radical (unpaired) electrons. The second-order valence-electron chi connectivity index (χ2n) is 4.37. The molecule has 1 aromatic heterocycles. The van der Waals surface area contributed by atoms with Crippen LogP contribution in [0.2, 0.25) is 0 Å². The van der Waals surface area contributed by atoms with Crippen LogP contribution in [-0.2, 0) is 0 Å². The third kappa shape index (κ3) is 3.86. The lowest BCUT2D eigenvalue weighted by atomic mass is 10.2. The zero-order valence-corrected chi connectivity index (χ0v) is 11.2. The lowest BCUT2D eigenvalue weighted by Crippen LogP contribution is -2.24. The number of carboxylic acid groups (broad SMARTS) is 1. The van der Waals surface area contributed by atoms with Gasteiger partial charge in [0.1, 0.15) is 18.1 Å². The van der Waals surface area contributed by atoms with Crippen molar-refractivity contribution in [3.8, 4) is 5.75 Å². The second kappa shape index (κ2) is 6.77. The van der Waals surface area contributed by atoms with Gasteiger partial charge in [-0.25, -0.2) is 4.79 Å². The summed E-state index contributed by atoms with van der Waals surface area (Å²) >= 11 is 0. The molecule has 106 valence electrons. The van der Waals surface area contributed by atoms with Gasteiger partial charge >= 0.3 is 5.97 Å². The first-order valence-corrected chi connectivity index (χ1v) is 6.40. The predicted molar refractivity (Wildman–Crippen MR) is 74.0 cm³/mol. The Labute approximate surface area is 117 Å². The molecule has 1 aromatic carbocycles. The Morgan fingerprint density at radius 1 is 1.40 bits per heavy atom. The molecule has 1 heterocycles. The predicted octanol–water partition coefficient (Wildman–Crippen LogP) is 2.71. The Bertz CT molecular complexity index is 551. The van der Waals surface area contributed by atoms with Gasteiger partial charge in [-0.3, -0.25) is 0 Å². The molecule has 5 heteroatoms. The first-order valence-electron chi connectivity index (χ1n) is 6.40. The third-order valence-electron chi connectivity index (χ3n) is 2.87. The van der Waals surface area contributed by atoms with Crippen molar-refractivity contribution in [2.45, 2.75) is 13.0 Å². The van der Waals surface area contributed by atoms with Crippen molar-refractivity contribution >= 4 is 5.97 Å². The van der Waals surface area contributed by atoms with Gasteiger partial charge in [0.2, 0.25) is 0 Å². The van der Waals surface area contributed by atoms with Crippen LogP contribution in [0.3, 0.4) is 0 Å². The summed E-state index contributed by atoms with van der Waals surface area (Å²) in [5.74, 6) is 0.468. The van der Waals surface area contributed by atoms with Crippen LogP contribution in [-0.4, -0.2) is 24.2 Å². The van der Waals surface area contributed by atoms with Crippen LogP contribution in [0.5, 0.6) is 5.75 Å². The van der Waals surface area contributed by atoms with E-state index < -0.39 is 5.97 Å². The highest BCUT2D eigenvalue weighted by Crippen LogP contribution is 2.14. The average molecular weight is 275 g/mol. The number of aromatic carboxylic acids is 1. The van der Waals surface area contributed by atoms with Crippen LogP contribution >= 0.6 is 0 Å². The smallest absolute Gasteiger partial charge is 0.335 e. The van der Waals surface area contributed by atoms with Gasteiger partial charge in [-0.1, -0.05) is 6.07 Å². The van der Waals surface area contributed by atoms with Crippen LogP contribution in [0.15, 0.2) is 47.1 Å². The molecule has 2 rings (SSSR count). The molecule has 20 heavy (non-hydrogen) atoms. The fourth-order valence-corrected chi connectivity index (χ4v) is 1.80. The quantitative estimate of drug-likeness (QED) is 0.760. The van der Waals surface area contributed by atoms with Crippen molar-refractivity contribution < 1.29 is 19.1 Å². The molecule has 2 aromatic rings. The number of nitrogens with one attached hydrogen (secondary N) is 1. The topological polar surface area (TPSA) is 71.7 Å². The minimum atomic E-state index is -0.958. The van der Waals surface area contributed by atoms with E-state index >= 15 is 0 Å². The number of rotatable bonds is 7.